The molecule has 0 aliphatic heterocycles. The number of hydrogen-bond acceptors (Lipinski definition) is 3. The molecule has 0 amide bonds. The first kappa shape index (κ1) is 16.8. The summed E-state index contributed by atoms with van der Waals surface area (Å²) in [4.78, 5) is 4.66. The maximum Gasteiger partial charge on any atom is 0.175 e. The number of rotatable bonds is 4. The molecule has 0 radical (unpaired) electrons. The Hall–Kier alpha value is -3.66. The zero-order valence-corrected chi connectivity index (χ0v) is 14.9. The number of hydrogen-bond donors (Lipinski definition) is 1. The second-order valence-electron chi connectivity index (χ2n) is 6.30. The van der Waals surface area contributed by atoms with Gasteiger partial charge in [-0.15, -0.1) is 5.10 Å². The van der Waals surface area contributed by atoms with Crippen LogP contribution in [-0.4, -0.2) is 19.9 Å². The molecule has 4 heteroatoms. The predicted octanol–water partition coefficient (Wildman–Crippen LogP) is 5.12. The van der Waals surface area contributed by atoms with Gasteiger partial charge in [0.1, 0.15) is 5.75 Å². The highest BCUT2D eigenvalue weighted by atomic mass is 16.3. The fourth-order valence-corrected chi connectivity index (χ4v) is 2.83. The van der Waals surface area contributed by atoms with Crippen molar-refractivity contribution in [3.05, 3.63) is 95.8 Å². The van der Waals surface area contributed by atoms with E-state index in [2.05, 4.69) is 41.3 Å². The second kappa shape index (κ2) is 7.30. The normalized spacial score (nSPS) is 11.1. The number of aryl methyl sites for hydroxylation is 1. The molecule has 1 N–H and O–H groups in total. The first-order chi connectivity index (χ1) is 13.2. The van der Waals surface area contributed by atoms with Gasteiger partial charge in [-0.1, -0.05) is 66.2 Å². The fraction of sp³-hybridized carbons (Fsp3) is 0.0435. The fourth-order valence-electron chi connectivity index (χ4n) is 2.83. The monoisotopic (exact) mass is 353 g/mol. The lowest BCUT2D eigenvalue weighted by molar-refractivity contribution is 0.476. The van der Waals surface area contributed by atoms with E-state index in [-0.39, 0.29) is 5.75 Å². The van der Waals surface area contributed by atoms with E-state index in [4.69, 9.17) is 0 Å². The summed E-state index contributed by atoms with van der Waals surface area (Å²) in [5, 5.41) is 14.9. The van der Waals surface area contributed by atoms with Crippen molar-refractivity contribution in [1.82, 2.24) is 14.8 Å². The predicted molar refractivity (Wildman–Crippen MR) is 109 cm³/mol. The first-order valence-corrected chi connectivity index (χ1v) is 8.76. The molecule has 0 bridgehead atoms. The summed E-state index contributed by atoms with van der Waals surface area (Å²) in [5.74, 6) is 1.36. The van der Waals surface area contributed by atoms with Crippen LogP contribution in [0.15, 0.2) is 78.9 Å². The lowest BCUT2D eigenvalue weighted by atomic mass is 10.1. The Bertz CT molecular complexity index is 1080. The molecule has 3 aromatic carbocycles. The Labute approximate surface area is 158 Å². The number of benzene rings is 3. The van der Waals surface area contributed by atoms with Crippen LogP contribution in [0.2, 0.25) is 0 Å². The lowest BCUT2D eigenvalue weighted by Crippen LogP contribution is -1.99. The molecule has 1 aromatic heterocycles. The second-order valence-corrected chi connectivity index (χ2v) is 6.30. The molecule has 0 saturated heterocycles. The molecule has 4 rings (SSSR count). The number of phenolic OH excluding ortho intramolecular Hbond substituents is 1. The van der Waals surface area contributed by atoms with E-state index in [1.54, 1.807) is 16.8 Å². The van der Waals surface area contributed by atoms with Crippen molar-refractivity contribution >= 4 is 12.2 Å². The van der Waals surface area contributed by atoms with E-state index in [1.165, 1.54) is 5.56 Å². The van der Waals surface area contributed by atoms with Crippen molar-refractivity contribution in [2.24, 2.45) is 0 Å². The molecule has 0 unspecified atom stereocenters. The number of para-hydroxylation sites is 2. The summed E-state index contributed by atoms with van der Waals surface area (Å²) in [6, 6.07) is 25.2. The molecule has 0 fully saturated rings. The van der Waals surface area contributed by atoms with Crippen LogP contribution in [0.3, 0.4) is 0 Å². The smallest absolute Gasteiger partial charge is 0.175 e. The van der Waals surface area contributed by atoms with Crippen LogP contribution in [0.5, 0.6) is 5.75 Å². The highest BCUT2D eigenvalue weighted by Crippen LogP contribution is 2.29. The Morgan fingerprint density at radius 1 is 0.815 bits per heavy atom. The third-order valence-electron chi connectivity index (χ3n) is 4.27. The van der Waals surface area contributed by atoms with Gasteiger partial charge in [0.25, 0.3) is 0 Å². The molecule has 0 saturated carbocycles. The largest absolute Gasteiger partial charge is 0.507 e. The summed E-state index contributed by atoms with van der Waals surface area (Å²) < 4.78 is 1.75. The third kappa shape index (κ3) is 3.65. The molecule has 4 nitrogen and oxygen atoms in total. The zero-order valence-electron chi connectivity index (χ0n) is 14.9. The van der Waals surface area contributed by atoms with Crippen molar-refractivity contribution < 1.29 is 5.11 Å². The van der Waals surface area contributed by atoms with Gasteiger partial charge in [0.15, 0.2) is 11.6 Å². The van der Waals surface area contributed by atoms with Gasteiger partial charge in [0.05, 0.1) is 11.3 Å². The average Bonchev–Trinajstić information content (AvgIpc) is 3.13. The minimum absolute atomic E-state index is 0.177. The van der Waals surface area contributed by atoms with Crippen molar-refractivity contribution in [1.29, 1.82) is 0 Å². The van der Waals surface area contributed by atoms with Gasteiger partial charge in [0.2, 0.25) is 0 Å². The van der Waals surface area contributed by atoms with E-state index < -0.39 is 0 Å². The van der Waals surface area contributed by atoms with Crippen LogP contribution >= 0.6 is 0 Å². The van der Waals surface area contributed by atoms with Crippen molar-refractivity contribution in [3.8, 4) is 22.8 Å². The summed E-state index contributed by atoms with van der Waals surface area (Å²) in [7, 11) is 0. The standard InChI is InChI=1S/C23H19N3O/c1-17-11-13-18(14-12-17)15-16-22-24-23(20-9-5-6-10-21(20)27)26(25-22)19-7-3-2-4-8-19/h2-16,27H,1H3/b16-15+. The van der Waals surface area contributed by atoms with Crippen LogP contribution in [0.4, 0.5) is 0 Å². The quantitative estimate of drug-likeness (QED) is 0.554. The zero-order chi connectivity index (χ0) is 18.6. The van der Waals surface area contributed by atoms with E-state index in [0.717, 1.165) is 11.3 Å². The molecular formula is C23H19N3O. The molecular weight excluding hydrogens is 334 g/mol. The van der Waals surface area contributed by atoms with Gasteiger partial charge in [-0.2, -0.15) is 0 Å². The van der Waals surface area contributed by atoms with E-state index >= 15 is 0 Å². The number of aromatic hydroxyl groups is 1. The number of aromatic nitrogens is 3. The highest BCUT2D eigenvalue weighted by molar-refractivity contribution is 5.70. The Morgan fingerprint density at radius 2 is 1.52 bits per heavy atom. The third-order valence-corrected chi connectivity index (χ3v) is 4.27. The lowest BCUT2D eigenvalue weighted by Gasteiger charge is -2.06. The van der Waals surface area contributed by atoms with Crippen LogP contribution in [0.1, 0.15) is 17.0 Å². The minimum Gasteiger partial charge on any atom is -0.507 e. The molecule has 27 heavy (non-hydrogen) atoms. The topological polar surface area (TPSA) is 50.9 Å². The van der Waals surface area contributed by atoms with E-state index in [9.17, 15) is 5.11 Å². The van der Waals surface area contributed by atoms with E-state index in [0.29, 0.717) is 17.2 Å². The van der Waals surface area contributed by atoms with Gasteiger partial charge < -0.3 is 5.11 Å². The Balaban J connectivity index is 1.78. The molecule has 132 valence electrons. The maximum atomic E-state index is 10.3. The Kier molecular flexibility index (Phi) is 4.54. The summed E-state index contributed by atoms with van der Waals surface area (Å²) >= 11 is 0. The number of nitrogens with zero attached hydrogens (tertiary/aromatic N) is 3. The Morgan fingerprint density at radius 3 is 2.26 bits per heavy atom. The van der Waals surface area contributed by atoms with Gasteiger partial charge in [-0.05, 0) is 42.8 Å². The number of phenols is 1. The van der Waals surface area contributed by atoms with Gasteiger partial charge >= 0.3 is 0 Å². The van der Waals surface area contributed by atoms with Gasteiger partial charge in [-0.3, -0.25) is 0 Å². The molecule has 0 aliphatic carbocycles. The molecule has 0 aliphatic rings. The molecule has 0 spiro atoms. The van der Waals surface area contributed by atoms with Crippen molar-refractivity contribution in [3.63, 3.8) is 0 Å². The first-order valence-electron chi connectivity index (χ1n) is 8.76. The van der Waals surface area contributed by atoms with Gasteiger partial charge in [0, 0.05) is 0 Å². The molecule has 4 aromatic rings. The summed E-state index contributed by atoms with van der Waals surface area (Å²) in [6.45, 7) is 2.06. The van der Waals surface area contributed by atoms with Crippen LogP contribution in [0, 0.1) is 6.92 Å². The maximum absolute atomic E-state index is 10.3. The van der Waals surface area contributed by atoms with Crippen molar-refractivity contribution in [2.75, 3.05) is 0 Å². The van der Waals surface area contributed by atoms with Gasteiger partial charge in [-0.25, -0.2) is 9.67 Å². The highest BCUT2D eigenvalue weighted by Gasteiger charge is 2.15. The average molecular weight is 353 g/mol. The van der Waals surface area contributed by atoms with E-state index in [1.807, 2.05) is 54.6 Å². The SMILES string of the molecule is Cc1ccc(/C=C/c2nc(-c3ccccc3O)n(-c3ccccc3)n2)cc1. The summed E-state index contributed by atoms with van der Waals surface area (Å²) in [5.41, 5.74) is 3.84. The van der Waals surface area contributed by atoms with Crippen LogP contribution in [0.25, 0.3) is 29.2 Å². The van der Waals surface area contributed by atoms with Crippen LogP contribution < -0.4 is 0 Å². The summed E-state index contributed by atoms with van der Waals surface area (Å²) in [6.07, 6.45) is 3.87. The van der Waals surface area contributed by atoms with Crippen molar-refractivity contribution in [2.45, 2.75) is 6.92 Å². The molecule has 0 atom stereocenters. The van der Waals surface area contributed by atoms with Crippen LogP contribution in [-0.2, 0) is 0 Å². The minimum atomic E-state index is 0.177. The molecule has 1 heterocycles.